The van der Waals surface area contributed by atoms with Gasteiger partial charge >= 0.3 is 0 Å². The summed E-state index contributed by atoms with van der Waals surface area (Å²) in [6.07, 6.45) is 0. The zero-order valence-corrected chi connectivity index (χ0v) is 19.4. The third-order valence-corrected chi connectivity index (χ3v) is 7.04. The minimum absolute atomic E-state index is 0.163. The fourth-order valence-corrected chi connectivity index (χ4v) is 5.28. The van der Waals surface area contributed by atoms with Gasteiger partial charge in [-0.1, -0.05) is 0 Å². The lowest BCUT2D eigenvalue weighted by atomic mass is 10.1. The van der Waals surface area contributed by atoms with Crippen LogP contribution in [0.2, 0.25) is 0 Å². The summed E-state index contributed by atoms with van der Waals surface area (Å²) >= 11 is 1.18. The number of hydrogen-bond donors (Lipinski definition) is 1. The average Bonchev–Trinajstić information content (AvgIpc) is 3.41. The largest absolute Gasteiger partial charge is 0.496 e. The zero-order chi connectivity index (χ0) is 23.6. The second kappa shape index (κ2) is 9.20. The maximum atomic E-state index is 12.6. The van der Waals surface area contributed by atoms with Crippen molar-refractivity contribution in [3.8, 4) is 28.5 Å². The molecule has 0 aliphatic carbocycles. The number of thiazole rings is 1. The number of ether oxygens (including phenoxy) is 3. The van der Waals surface area contributed by atoms with Gasteiger partial charge in [-0.05, 0) is 43.3 Å². The lowest BCUT2D eigenvalue weighted by Gasteiger charge is -2.10. The number of ketones is 1. The van der Waals surface area contributed by atoms with E-state index >= 15 is 0 Å². The van der Waals surface area contributed by atoms with Crippen LogP contribution in [0.1, 0.15) is 22.8 Å². The molecule has 1 N–H and O–H groups in total. The standard InChI is InChI=1S/C22H20N2O7S2/c1-13(25)14-3-5-18(29-2)16(7-14)10-33(27,28)11-21(26)24-22-23-17(9-32-22)15-4-6-19-20(8-15)31-12-30-19/h3-9H,10-12H2,1-2H3,(H,23,24,26). The van der Waals surface area contributed by atoms with Gasteiger partial charge in [0, 0.05) is 22.1 Å². The van der Waals surface area contributed by atoms with Gasteiger partial charge in [-0.2, -0.15) is 0 Å². The van der Waals surface area contributed by atoms with E-state index in [1.807, 2.05) is 6.07 Å². The summed E-state index contributed by atoms with van der Waals surface area (Å²) in [5, 5.41) is 4.56. The summed E-state index contributed by atoms with van der Waals surface area (Å²) in [6, 6.07) is 9.95. The van der Waals surface area contributed by atoms with Gasteiger partial charge < -0.3 is 19.5 Å². The summed E-state index contributed by atoms with van der Waals surface area (Å²) in [5.41, 5.74) is 2.07. The zero-order valence-electron chi connectivity index (χ0n) is 17.8. The third-order valence-electron chi connectivity index (χ3n) is 4.83. The van der Waals surface area contributed by atoms with Crippen molar-refractivity contribution < 1.29 is 32.2 Å². The number of nitrogens with zero attached hydrogens (tertiary/aromatic N) is 1. The molecule has 9 nitrogen and oxygen atoms in total. The summed E-state index contributed by atoms with van der Waals surface area (Å²) in [6.45, 7) is 1.55. The molecule has 0 fully saturated rings. The molecule has 33 heavy (non-hydrogen) atoms. The molecule has 1 aromatic heterocycles. The Morgan fingerprint density at radius 2 is 1.94 bits per heavy atom. The number of rotatable bonds is 8. The number of amides is 1. The Labute approximate surface area is 194 Å². The third kappa shape index (κ3) is 5.32. The van der Waals surface area contributed by atoms with Crippen LogP contribution in [0.4, 0.5) is 5.13 Å². The number of methoxy groups -OCH3 is 1. The minimum Gasteiger partial charge on any atom is -0.496 e. The smallest absolute Gasteiger partial charge is 0.241 e. The molecule has 0 saturated carbocycles. The minimum atomic E-state index is -3.84. The van der Waals surface area contributed by atoms with Crippen LogP contribution in [-0.4, -0.2) is 44.7 Å². The van der Waals surface area contributed by atoms with E-state index in [1.165, 1.54) is 37.5 Å². The Morgan fingerprint density at radius 1 is 1.15 bits per heavy atom. The Morgan fingerprint density at radius 3 is 2.70 bits per heavy atom. The molecule has 3 aromatic rings. The molecule has 1 amide bonds. The molecule has 11 heteroatoms. The first kappa shape index (κ1) is 22.7. The molecule has 0 radical (unpaired) electrons. The molecule has 0 spiro atoms. The van der Waals surface area contributed by atoms with Crippen LogP contribution in [0.5, 0.6) is 17.2 Å². The van der Waals surface area contributed by atoms with E-state index < -0.39 is 27.3 Å². The van der Waals surface area contributed by atoms with E-state index in [1.54, 1.807) is 23.6 Å². The van der Waals surface area contributed by atoms with E-state index in [2.05, 4.69) is 10.3 Å². The van der Waals surface area contributed by atoms with E-state index in [-0.39, 0.29) is 17.7 Å². The number of carbonyl (C=O) groups excluding carboxylic acids is 2. The number of aromatic nitrogens is 1. The lowest BCUT2D eigenvalue weighted by Crippen LogP contribution is -2.24. The molecule has 4 rings (SSSR count). The highest BCUT2D eigenvalue weighted by molar-refractivity contribution is 7.91. The van der Waals surface area contributed by atoms with Crippen molar-refractivity contribution in [2.24, 2.45) is 0 Å². The fraction of sp³-hybridized carbons (Fsp3) is 0.227. The number of Topliss-reactive ketones (excluding diaryl/α,β-unsaturated/α-hetero) is 1. The van der Waals surface area contributed by atoms with E-state index in [0.717, 1.165) is 5.56 Å². The van der Waals surface area contributed by atoms with E-state index in [0.29, 0.717) is 34.1 Å². The van der Waals surface area contributed by atoms with Crippen molar-refractivity contribution in [1.82, 2.24) is 4.98 Å². The highest BCUT2D eigenvalue weighted by Crippen LogP contribution is 2.36. The molecule has 2 heterocycles. The van der Waals surface area contributed by atoms with Gasteiger partial charge in [0.2, 0.25) is 12.7 Å². The normalized spacial score (nSPS) is 12.4. The molecular formula is C22H20N2O7S2. The number of carbonyl (C=O) groups is 2. The lowest BCUT2D eigenvalue weighted by molar-refractivity contribution is -0.113. The molecule has 0 atom stereocenters. The van der Waals surface area contributed by atoms with Gasteiger partial charge in [-0.25, -0.2) is 13.4 Å². The van der Waals surface area contributed by atoms with Crippen molar-refractivity contribution in [3.63, 3.8) is 0 Å². The van der Waals surface area contributed by atoms with Gasteiger partial charge in [0.25, 0.3) is 0 Å². The Hall–Kier alpha value is -3.44. The highest BCUT2D eigenvalue weighted by atomic mass is 32.2. The number of hydrogen-bond acceptors (Lipinski definition) is 9. The first-order valence-corrected chi connectivity index (χ1v) is 12.5. The topological polar surface area (TPSA) is 121 Å². The van der Waals surface area contributed by atoms with Gasteiger partial charge in [0.05, 0.1) is 18.6 Å². The molecule has 0 unspecified atom stereocenters. The molecule has 1 aliphatic heterocycles. The molecular weight excluding hydrogens is 468 g/mol. The summed E-state index contributed by atoms with van der Waals surface area (Å²) < 4.78 is 41.1. The van der Waals surface area contributed by atoms with E-state index in [9.17, 15) is 18.0 Å². The first-order chi connectivity index (χ1) is 15.7. The summed E-state index contributed by atoms with van der Waals surface area (Å²) in [7, 11) is -2.43. The van der Waals surface area contributed by atoms with Gasteiger partial charge in [-0.15, -0.1) is 11.3 Å². The Kier molecular flexibility index (Phi) is 6.34. The number of fused-ring (bicyclic) bond motifs is 1. The predicted octanol–water partition coefficient (Wildman–Crippen LogP) is 3.30. The monoisotopic (exact) mass is 488 g/mol. The highest BCUT2D eigenvalue weighted by Gasteiger charge is 2.22. The van der Waals surface area contributed by atoms with Gasteiger partial charge in [0.15, 0.2) is 32.3 Å². The Bertz CT molecular complexity index is 1330. The van der Waals surface area contributed by atoms with Crippen molar-refractivity contribution >= 4 is 38.0 Å². The van der Waals surface area contributed by atoms with Crippen LogP contribution in [-0.2, 0) is 20.4 Å². The maximum absolute atomic E-state index is 12.6. The second-order valence-electron chi connectivity index (χ2n) is 7.27. The number of anilines is 1. The van der Waals surface area contributed by atoms with Gasteiger partial charge in [-0.3, -0.25) is 9.59 Å². The van der Waals surface area contributed by atoms with Crippen molar-refractivity contribution in [1.29, 1.82) is 0 Å². The molecule has 2 aromatic carbocycles. The predicted molar refractivity (Wildman–Crippen MR) is 123 cm³/mol. The van der Waals surface area contributed by atoms with Crippen LogP contribution in [0.3, 0.4) is 0 Å². The average molecular weight is 489 g/mol. The van der Waals surface area contributed by atoms with Crippen molar-refractivity contribution in [3.05, 3.63) is 52.9 Å². The van der Waals surface area contributed by atoms with E-state index in [4.69, 9.17) is 14.2 Å². The van der Waals surface area contributed by atoms with Gasteiger partial charge in [0.1, 0.15) is 11.5 Å². The van der Waals surface area contributed by atoms with Crippen LogP contribution in [0, 0.1) is 0 Å². The second-order valence-corrected chi connectivity index (χ2v) is 10.2. The summed E-state index contributed by atoms with van der Waals surface area (Å²) in [5.74, 6) is -0.485. The van der Waals surface area contributed by atoms with Crippen LogP contribution < -0.4 is 19.5 Å². The van der Waals surface area contributed by atoms with Crippen LogP contribution in [0.15, 0.2) is 41.8 Å². The van der Waals surface area contributed by atoms with Crippen LogP contribution in [0.25, 0.3) is 11.3 Å². The quantitative estimate of drug-likeness (QED) is 0.480. The first-order valence-electron chi connectivity index (χ1n) is 9.78. The molecule has 0 bridgehead atoms. The SMILES string of the molecule is COc1ccc(C(C)=O)cc1CS(=O)(=O)CC(=O)Nc1nc(-c2ccc3c(c2)OCO3)cs1. The van der Waals surface area contributed by atoms with Crippen molar-refractivity contribution in [2.75, 3.05) is 25.0 Å². The number of nitrogens with one attached hydrogen (secondary N) is 1. The fourth-order valence-electron chi connectivity index (χ4n) is 3.27. The van der Waals surface area contributed by atoms with Crippen LogP contribution >= 0.6 is 11.3 Å². The Balaban J connectivity index is 1.43. The number of sulfone groups is 1. The number of benzene rings is 2. The molecule has 0 saturated heterocycles. The van der Waals surface area contributed by atoms with Crippen molar-refractivity contribution in [2.45, 2.75) is 12.7 Å². The molecule has 1 aliphatic rings. The summed E-state index contributed by atoms with van der Waals surface area (Å²) in [4.78, 5) is 28.4. The maximum Gasteiger partial charge on any atom is 0.241 e. The molecule has 172 valence electrons.